The van der Waals surface area contributed by atoms with Gasteiger partial charge in [-0.1, -0.05) is 5.21 Å². The topological polar surface area (TPSA) is 63.5 Å². The summed E-state index contributed by atoms with van der Waals surface area (Å²) in [5.41, 5.74) is 1.64. The summed E-state index contributed by atoms with van der Waals surface area (Å²) in [6, 6.07) is 7.59. The summed E-state index contributed by atoms with van der Waals surface area (Å²) in [6.45, 7) is 6.44. The van der Waals surface area contributed by atoms with Crippen molar-refractivity contribution in [2.45, 2.75) is 12.8 Å². The Morgan fingerprint density at radius 2 is 1.96 bits per heavy atom. The normalized spacial score (nSPS) is 21.7. The molecule has 1 aromatic carbocycles. The molecule has 0 saturated carbocycles. The molecule has 0 aliphatic carbocycles. The van der Waals surface area contributed by atoms with E-state index >= 15 is 0 Å². The minimum absolute atomic E-state index is 0.127. The number of carbonyl (C=O) groups is 1. The summed E-state index contributed by atoms with van der Waals surface area (Å²) in [7, 11) is 0. The second kappa shape index (κ2) is 7.97. The number of piperidine rings is 1. The Hall–Kier alpha value is -2.25. The number of rotatable bonds is 4. The van der Waals surface area contributed by atoms with Gasteiger partial charge < -0.3 is 9.64 Å². The Labute approximate surface area is 153 Å². The van der Waals surface area contributed by atoms with Crippen LogP contribution in [0.3, 0.4) is 0 Å². The third kappa shape index (κ3) is 3.94. The molecule has 0 radical (unpaired) electrons. The molecule has 1 amide bonds. The van der Waals surface area contributed by atoms with Crippen LogP contribution in [0.15, 0.2) is 36.7 Å². The first kappa shape index (κ1) is 17.2. The Balaban J connectivity index is 1.37. The summed E-state index contributed by atoms with van der Waals surface area (Å²) in [6.07, 6.45) is 5.71. The summed E-state index contributed by atoms with van der Waals surface area (Å²) < 4.78 is 7.11. The van der Waals surface area contributed by atoms with Crippen LogP contribution in [0.2, 0.25) is 0 Å². The van der Waals surface area contributed by atoms with Crippen molar-refractivity contribution < 1.29 is 9.53 Å². The number of benzene rings is 1. The van der Waals surface area contributed by atoms with E-state index in [4.69, 9.17) is 4.74 Å². The summed E-state index contributed by atoms with van der Waals surface area (Å²) >= 11 is 0. The number of hydrogen-bond acceptors (Lipinski definition) is 5. The Morgan fingerprint density at radius 3 is 2.69 bits per heavy atom. The fourth-order valence-electron chi connectivity index (χ4n) is 3.83. The van der Waals surface area contributed by atoms with E-state index in [-0.39, 0.29) is 5.91 Å². The lowest BCUT2D eigenvalue weighted by Crippen LogP contribution is -2.46. The second-order valence-electron chi connectivity index (χ2n) is 7.07. The lowest BCUT2D eigenvalue weighted by atomic mass is 9.96. The molecule has 1 atom stereocenters. The average molecular weight is 355 g/mol. The largest absolute Gasteiger partial charge is 0.379 e. The highest BCUT2D eigenvalue weighted by Crippen LogP contribution is 2.20. The highest BCUT2D eigenvalue weighted by molar-refractivity contribution is 5.94. The minimum atomic E-state index is 0.127. The van der Waals surface area contributed by atoms with Crippen LogP contribution in [0.4, 0.5) is 0 Å². The number of amides is 1. The molecule has 0 bridgehead atoms. The van der Waals surface area contributed by atoms with E-state index in [0.717, 1.165) is 63.6 Å². The first-order valence-electron chi connectivity index (χ1n) is 9.36. The van der Waals surface area contributed by atoms with Crippen LogP contribution >= 0.6 is 0 Å². The summed E-state index contributed by atoms with van der Waals surface area (Å²) in [5, 5.41) is 7.79. The molecule has 2 aliphatic heterocycles. The monoisotopic (exact) mass is 355 g/mol. The van der Waals surface area contributed by atoms with E-state index in [1.807, 2.05) is 29.2 Å². The molecule has 7 heteroatoms. The second-order valence-corrected chi connectivity index (χ2v) is 7.07. The molecule has 2 saturated heterocycles. The molecule has 1 aromatic heterocycles. The average Bonchev–Trinajstić information content (AvgIpc) is 3.23. The number of nitrogens with zero attached hydrogens (tertiary/aromatic N) is 5. The van der Waals surface area contributed by atoms with E-state index in [1.165, 1.54) is 6.42 Å². The molecule has 0 spiro atoms. The smallest absolute Gasteiger partial charge is 0.253 e. The Morgan fingerprint density at radius 1 is 1.15 bits per heavy atom. The predicted octanol–water partition coefficient (Wildman–Crippen LogP) is 1.45. The highest BCUT2D eigenvalue weighted by Gasteiger charge is 2.26. The Bertz CT molecular complexity index is 710. The third-order valence-electron chi connectivity index (χ3n) is 5.23. The van der Waals surface area contributed by atoms with Crippen molar-refractivity contribution in [3.63, 3.8) is 0 Å². The summed E-state index contributed by atoms with van der Waals surface area (Å²) in [4.78, 5) is 17.4. The number of ether oxygens (including phenoxy) is 1. The van der Waals surface area contributed by atoms with Crippen molar-refractivity contribution in [1.82, 2.24) is 24.8 Å². The highest BCUT2D eigenvalue weighted by atomic mass is 16.5. The van der Waals surface area contributed by atoms with Crippen LogP contribution < -0.4 is 0 Å². The number of morpholine rings is 1. The van der Waals surface area contributed by atoms with Gasteiger partial charge in [-0.15, -0.1) is 5.10 Å². The zero-order valence-corrected chi connectivity index (χ0v) is 15.0. The molecule has 4 rings (SSSR count). The SMILES string of the molecule is O=C(c1ccc(-n2ccnn2)cc1)N1CCCC(CN2CCOCC2)C1. The minimum Gasteiger partial charge on any atom is -0.379 e. The lowest BCUT2D eigenvalue weighted by molar-refractivity contribution is 0.0224. The van der Waals surface area contributed by atoms with Gasteiger partial charge in [-0.25, -0.2) is 4.68 Å². The molecule has 0 N–H and O–H groups in total. The number of aromatic nitrogens is 3. The van der Waals surface area contributed by atoms with Gasteiger partial charge in [0.25, 0.3) is 5.91 Å². The van der Waals surface area contributed by atoms with Crippen molar-refractivity contribution in [3.8, 4) is 5.69 Å². The van der Waals surface area contributed by atoms with Crippen LogP contribution in [0.5, 0.6) is 0 Å². The van der Waals surface area contributed by atoms with Gasteiger partial charge >= 0.3 is 0 Å². The lowest BCUT2D eigenvalue weighted by Gasteiger charge is -2.36. The molecule has 2 aliphatic rings. The fraction of sp³-hybridized carbons (Fsp3) is 0.526. The zero-order chi connectivity index (χ0) is 17.8. The first-order valence-corrected chi connectivity index (χ1v) is 9.36. The van der Waals surface area contributed by atoms with Crippen LogP contribution in [0.25, 0.3) is 5.69 Å². The molecule has 138 valence electrons. The Kier molecular flexibility index (Phi) is 5.26. The van der Waals surface area contributed by atoms with Crippen molar-refractivity contribution >= 4 is 5.91 Å². The maximum atomic E-state index is 12.9. The fourth-order valence-corrected chi connectivity index (χ4v) is 3.83. The summed E-state index contributed by atoms with van der Waals surface area (Å²) in [5.74, 6) is 0.682. The van der Waals surface area contributed by atoms with Crippen molar-refractivity contribution in [2.24, 2.45) is 5.92 Å². The van der Waals surface area contributed by atoms with E-state index in [9.17, 15) is 4.79 Å². The van der Waals surface area contributed by atoms with Gasteiger partial charge in [-0.3, -0.25) is 9.69 Å². The molecule has 1 unspecified atom stereocenters. The van der Waals surface area contributed by atoms with Gasteiger partial charge in [0.2, 0.25) is 0 Å². The van der Waals surface area contributed by atoms with Gasteiger partial charge in [-0.2, -0.15) is 0 Å². The molecule has 2 fully saturated rings. The molecule has 2 aromatic rings. The first-order chi connectivity index (χ1) is 12.8. The van der Waals surface area contributed by atoms with Gasteiger partial charge in [0, 0.05) is 38.3 Å². The van der Waals surface area contributed by atoms with Gasteiger partial charge in [0.05, 0.1) is 31.3 Å². The van der Waals surface area contributed by atoms with Crippen molar-refractivity contribution in [1.29, 1.82) is 0 Å². The van der Waals surface area contributed by atoms with Crippen LogP contribution in [0.1, 0.15) is 23.2 Å². The number of likely N-dealkylation sites (tertiary alicyclic amines) is 1. The van der Waals surface area contributed by atoms with Crippen LogP contribution in [0, 0.1) is 5.92 Å². The molecular weight excluding hydrogens is 330 g/mol. The van der Waals surface area contributed by atoms with Crippen molar-refractivity contribution in [2.75, 3.05) is 45.9 Å². The number of carbonyl (C=O) groups excluding carboxylic acids is 1. The standard InChI is InChI=1S/C19H25N5O2/c25-19(17-3-5-18(6-4-17)24-9-7-20-21-24)23-8-1-2-16(15-23)14-22-10-12-26-13-11-22/h3-7,9,16H,1-2,8,10-15H2. The van der Waals surface area contributed by atoms with Crippen LogP contribution in [-0.2, 0) is 4.74 Å². The van der Waals surface area contributed by atoms with E-state index < -0.39 is 0 Å². The predicted molar refractivity (Wildman–Crippen MR) is 97.2 cm³/mol. The van der Waals surface area contributed by atoms with E-state index in [0.29, 0.717) is 5.92 Å². The van der Waals surface area contributed by atoms with Gasteiger partial charge in [0.15, 0.2) is 0 Å². The van der Waals surface area contributed by atoms with Gasteiger partial charge in [-0.05, 0) is 43.0 Å². The van der Waals surface area contributed by atoms with E-state index in [2.05, 4.69) is 15.2 Å². The van der Waals surface area contributed by atoms with Crippen molar-refractivity contribution in [3.05, 3.63) is 42.2 Å². The zero-order valence-electron chi connectivity index (χ0n) is 15.0. The number of hydrogen-bond donors (Lipinski definition) is 0. The van der Waals surface area contributed by atoms with Gasteiger partial charge in [0.1, 0.15) is 0 Å². The molecule has 7 nitrogen and oxygen atoms in total. The van der Waals surface area contributed by atoms with Crippen LogP contribution in [-0.4, -0.2) is 76.6 Å². The van der Waals surface area contributed by atoms with E-state index in [1.54, 1.807) is 17.1 Å². The quantitative estimate of drug-likeness (QED) is 0.831. The molecular formula is C19H25N5O2. The third-order valence-corrected chi connectivity index (χ3v) is 5.23. The maximum Gasteiger partial charge on any atom is 0.253 e. The molecule has 3 heterocycles. The maximum absolute atomic E-state index is 12.9. The molecule has 26 heavy (non-hydrogen) atoms.